The molecule has 0 amide bonds. The number of methoxy groups -OCH3 is 1. The van der Waals surface area contributed by atoms with Crippen LogP contribution in [0.15, 0.2) is 4.99 Å². The van der Waals surface area contributed by atoms with E-state index in [4.69, 9.17) is 15.2 Å². The van der Waals surface area contributed by atoms with Crippen LogP contribution in [-0.2, 0) is 24.8 Å². The number of rotatable bonds is 6. The molecule has 0 aromatic carbocycles. The van der Waals surface area contributed by atoms with Crippen molar-refractivity contribution < 1.29 is 9.47 Å². The Balaban J connectivity index is 1.95. The van der Waals surface area contributed by atoms with Gasteiger partial charge in [0.2, 0.25) is 5.88 Å². The molecule has 118 valence electrons. The quantitative estimate of drug-likeness (QED) is 0.592. The van der Waals surface area contributed by atoms with E-state index in [1.165, 1.54) is 0 Å². The first kappa shape index (κ1) is 15.6. The Bertz CT molecular complexity index is 492. The van der Waals surface area contributed by atoms with Crippen LogP contribution in [0.1, 0.15) is 31.0 Å². The number of aryl methyl sites for hydroxylation is 2. The second-order valence-electron chi connectivity index (χ2n) is 5.13. The lowest BCUT2D eigenvalue weighted by Crippen LogP contribution is -2.37. The molecule has 0 bridgehead atoms. The van der Waals surface area contributed by atoms with E-state index >= 15 is 0 Å². The molecule has 7 nitrogen and oxygen atoms in total. The zero-order valence-electron chi connectivity index (χ0n) is 13.1. The molecule has 1 aliphatic rings. The number of hydrogen-bond acceptors (Lipinski definition) is 4. The summed E-state index contributed by atoms with van der Waals surface area (Å²) in [6.45, 7) is 4.08. The van der Waals surface area contributed by atoms with E-state index in [0.717, 1.165) is 43.0 Å². The minimum atomic E-state index is 0.248. The maximum absolute atomic E-state index is 5.90. The number of nitrogens with one attached hydrogen (secondary N) is 1. The van der Waals surface area contributed by atoms with E-state index < -0.39 is 0 Å². The van der Waals surface area contributed by atoms with Crippen molar-refractivity contribution >= 4 is 5.96 Å². The number of guanidine groups is 1. The van der Waals surface area contributed by atoms with Crippen molar-refractivity contribution in [3.05, 3.63) is 11.3 Å². The summed E-state index contributed by atoms with van der Waals surface area (Å²) in [5, 5.41) is 7.54. The van der Waals surface area contributed by atoms with Crippen molar-refractivity contribution in [3.63, 3.8) is 0 Å². The smallest absolute Gasteiger partial charge is 0.216 e. The van der Waals surface area contributed by atoms with Gasteiger partial charge in [-0.3, -0.25) is 0 Å². The van der Waals surface area contributed by atoms with Crippen LogP contribution in [0.5, 0.6) is 5.88 Å². The van der Waals surface area contributed by atoms with Crippen molar-refractivity contribution in [1.82, 2.24) is 15.1 Å². The third kappa shape index (κ3) is 3.87. The van der Waals surface area contributed by atoms with Gasteiger partial charge in [-0.05, 0) is 19.3 Å². The SMILES string of the molecule is CCc1nn(C)c(OC)c1CN=C(N)NCC1CCCO1. The Labute approximate surface area is 125 Å². The molecule has 21 heavy (non-hydrogen) atoms. The van der Waals surface area contributed by atoms with Crippen molar-refractivity contribution in [2.75, 3.05) is 20.3 Å². The number of nitrogens with two attached hydrogens (primary N) is 1. The van der Waals surface area contributed by atoms with E-state index in [-0.39, 0.29) is 6.10 Å². The van der Waals surface area contributed by atoms with Crippen LogP contribution in [0, 0.1) is 0 Å². The summed E-state index contributed by atoms with van der Waals surface area (Å²) in [5.41, 5.74) is 7.89. The van der Waals surface area contributed by atoms with Crippen LogP contribution < -0.4 is 15.8 Å². The molecule has 7 heteroatoms. The van der Waals surface area contributed by atoms with Gasteiger partial charge < -0.3 is 20.5 Å². The first-order valence-electron chi connectivity index (χ1n) is 7.39. The zero-order chi connectivity index (χ0) is 15.2. The van der Waals surface area contributed by atoms with E-state index in [0.29, 0.717) is 19.0 Å². The molecule has 1 aromatic rings. The van der Waals surface area contributed by atoms with Gasteiger partial charge in [0.15, 0.2) is 5.96 Å². The minimum absolute atomic E-state index is 0.248. The van der Waals surface area contributed by atoms with E-state index in [1.807, 2.05) is 7.05 Å². The van der Waals surface area contributed by atoms with Crippen LogP contribution in [0.3, 0.4) is 0 Å². The standard InChI is InChI=1S/C14H25N5O2/c1-4-12-11(13(20-3)19(2)18-12)9-17-14(15)16-8-10-6-5-7-21-10/h10H,4-9H2,1-3H3,(H3,15,16,17). The molecule has 3 N–H and O–H groups in total. The van der Waals surface area contributed by atoms with E-state index in [1.54, 1.807) is 11.8 Å². The van der Waals surface area contributed by atoms with Crippen LogP contribution >= 0.6 is 0 Å². The molecule has 1 saturated heterocycles. The fraction of sp³-hybridized carbons (Fsp3) is 0.714. The zero-order valence-corrected chi connectivity index (χ0v) is 13.1. The number of ether oxygens (including phenoxy) is 2. The molecule has 2 rings (SSSR count). The highest BCUT2D eigenvalue weighted by Crippen LogP contribution is 2.22. The van der Waals surface area contributed by atoms with Crippen LogP contribution in [0.2, 0.25) is 0 Å². The van der Waals surface area contributed by atoms with Crippen molar-refractivity contribution in [3.8, 4) is 5.88 Å². The first-order valence-corrected chi connectivity index (χ1v) is 7.39. The molecule has 0 saturated carbocycles. The average molecular weight is 295 g/mol. The normalized spacial score (nSPS) is 19.0. The highest BCUT2D eigenvalue weighted by atomic mass is 16.5. The molecular formula is C14H25N5O2. The minimum Gasteiger partial charge on any atom is -0.481 e. The number of aromatic nitrogens is 2. The Morgan fingerprint density at radius 3 is 3.05 bits per heavy atom. The second-order valence-corrected chi connectivity index (χ2v) is 5.13. The van der Waals surface area contributed by atoms with Crippen molar-refractivity contribution in [2.45, 2.75) is 38.8 Å². The van der Waals surface area contributed by atoms with Crippen LogP contribution in [-0.4, -0.2) is 42.1 Å². The first-order chi connectivity index (χ1) is 10.2. The van der Waals surface area contributed by atoms with Gasteiger partial charge in [0.05, 0.1) is 31.0 Å². The van der Waals surface area contributed by atoms with E-state index in [2.05, 4.69) is 22.3 Å². The molecule has 1 aliphatic heterocycles. The largest absolute Gasteiger partial charge is 0.481 e. The number of aliphatic imine (C=N–C) groups is 1. The van der Waals surface area contributed by atoms with Gasteiger partial charge in [-0.2, -0.15) is 5.10 Å². The molecule has 2 heterocycles. The summed E-state index contributed by atoms with van der Waals surface area (Å²) in [5.74, 6) is 1.17. The number of hydrogen-bond donors (Lipinski definition) is 2. The maximum atomic E-state index is 5.90. The summed E-state index contributed by atoms with van der Waals surface area (Å²) in [7, 11) is 3.51. The predicted octanol–water partition coefficient (Wildman–Crippen LogP) is 0.574. The number of nitrogens with zero attached hydrogens (tertiary/aromatic N) is 3. The van der Waals surface area contributed by atoms with Crippen LogP contribution in [0.25, 0.3) is 0 Å². The molecule has 1 fully saturated rings. The molecule has 1 aromatic heterocycles. The lowest BCUT2D eigenvalue weighted by molar-refractivity contribution is 0.114. The van der Waals surface area contributed by atoms with Gasteiger partial charge in [-0.25, -0.2) is 9.67 Å². The van der Waals surface area contributed by atoms with Gasteiger partial charge in [-0.1, -0.05) is 6.92 Å². The topological polar surface area (TPSA) is 86.7 Å². The summed E-state index contributed by atoms with van der Waals surface area (Å²) in [6.07, 6.45) is 3.29. The predicted molar refractivity (Wildman–Crippen MR) is 81.4 cm³/mol. The fourth-order valence-corrected chi connectivity index (χ4v) is 2.55. The van der Waals surface area contributed by atoms with Gasteiger partial charge >= 0.3 is 0 Å². The Morgan fingerprint density at radius 2 is 2.43 bits per heavy atom. The molecule has 0 radical (unpaired) electrons. The lowest BCUT2D eigenvalue weighted by Gasteiger charge is -2.11. The van der Waals surface area contributed by atoms with Gasteiger partial charge in [0, 0.05) is 20.2 Å². The summed E-state index contributed by atoms with van der Waals surface area (Å²) in [6, 6.07) is 0. The Hall–Kier alpha value is -1.76. The summed E-state index contributed by atoms with van der Waals surface area (Å²) in [4.78, 5) is 4.38. The van der Waals surface area contributed by atoms with Crippen molar-refractivity contribution in [2.24, 2.45) is 17.8 Å². The fourth-order valence-electron chi connectivity index (χ4n) is 2.55. The van der Waals surface area contributed by atoms with Gasteiger partial charge in [-0.15, -0.1) is 0 Å². The molecule has 0 spiro atoms. The summed E-state index contributed by atoms with van der Waals surface area (Å²) < 4.78 is 12.7. The van der Waals surface area contributed by atoms with Gasteiger partial charge in [0.25, 0.3) is 0 Å². The Kier molecular flexibility index (Phi) is 5.44. The third-order valence-electron chi connectivity index (χ3n) is 3.64. The Morgan fingerprint density at radius 1 is 1.62 bits per heavy atom. The average Bonchev–Trinajstić information content (AvgIpc) is 3.09. The second kappa shape index (κ2) is 7.31. The molecular weight excluding hydrogens is 270 g/mol. The molecule has 1 atom stereocenters. The monoisotopic (exact) mass is 295 g/mol. The third-order valence-corrected chi connectivity index (χ3v) is 3.64. The highest BCUT2D eigenvalue weighted by molar-refractivity contribution is 5.77. The van der Waals surface area contributed by atoms with Gasteiger partial charge in [0.1, 0.15) is 0 Å². The van der Waals surface area contributed by atoms with Crippen molar-refractivity contribution in [1.29, 1.82) is 0 Å². The lowest BCUT2D eigenvalue weighted by atomic mass is 10.2. The summed E-state index contributed by atoms with van der Waals surface area (Å²) >= 11 is 0. The van der Waals surface area contributed by atoms with Crippen LogP contribution in [0.4, 0.5) is 0 Å². The van der Waals surface area contributed by atoms with E-state index in [9.17, 15) is 0 Å². The highest BCUT2D eigenvalue weighted by Gasteiger charge is 2.16. The maximum Gasteiger partial charge on any atom is 0.216 e. The molecule has 0 aliphatic carbocycles. The molecule has 1 unspecified atom stereocenters.